The molecule has 0 aliphatic heterocycles. The molecule has 0 unspecified atom stereocenters. The second-order valence-electron chi connectivity index (χ2n) is 6.63. The summed E-state index contributed by atoms with van der Waals surface area (Å²) in [4.78, 5) is 12.5. The van der Waals surface area contributed by atoms with E-state index in [1.54, 1.807) is 6.07 Å². The maximum absolute atomic E-state index is 12.5. The third-order valence-corrected chi connectivity index (χ3v) is 4.95. The van der Waals surface area contributed by atoms with Crippen molar-refractivity contribution in [1.82, 2.24) is 0 Å². The Morgan fingerprint density at radius 2 is 1.79 bits per heavy atom. The van der Waals surface area contributed by atoms with E-state index in [0.717, 1.165) is 26.7 Å². The first-order chi connectivity index (χ1) is 13.4. The number of benzene rings is 2. The first-order valence-electron chi connectivity index (χ1n) is 8.74. The predicted molar refractivity (Wildman–Crippen MR) is 115 cm³/mol. The fourth-order valence-corrected chi connectivity index (χ4v) is 3.52. The van der Waals surface area contributed by atoms with Crippen molar-refractivity contribution >= 4 is 33.6 Å². The number of anilines is 1. The smallest absolute Gasteiger partial charge is 0.266 e. The van der Waals surface area contributed by atoms with Crippen molar-refractivity contribution in [2.24, 2.45) is 0 Å². The van der Waals surface area contributed by atoms with E-state index in [-0.39, 0.29) is 5.57 Å². The molecule has 0 saturated carbocycles. The summed E-state index contributed by atoms with van der Waals surface area (Å²) in [5.41, 5.74) is 4.75. The van der Waals surface area contributed by atoms with Crippen molar-refractivity contribution in [1.29, 1.82) is 5.26 Å². The van der Waals surface area contributed by atoms with Gasteiger partial charge in [0.1, 0.15) is 23.2 Å². The van der Waals surface area contributed by atoms with E-state index in [4.69, 9.17) is 4.42 Å². The number of aryl methyl sites for hydroxylation is 3. The first kappa shape index (κ1) is 19.7. The molecule has 1 aromatic heterocycles. The Kier molecular flexibility index (Phi) is 5.81. The van der Waals surface area contributed by atoms with Crippen molar-refractivity contribution in [3.8, 4) is 17.4 Å². The van der Waals surface area contributed by atoms with Gasteiger partial charge >= 0.3 is 0 Å². The van der Waals surface area contributed by atoms with Crippen LogP contribution in [0.25, 0.3) is 17.4 Å². The van der Waals surface area contributed by atoms with Crippen LogP contribution in [0.3, 0.4) is 0 Å². The van der Waals surface area contributed by atoms with Crippen LogP contribution in [0, 0.1) is 32.1 Å². The largest absolute Gasteiger partial charge is 0.457 e. The molecular formula is C23H19BrN2O2. The van der Waals surface area contributed by atoms with Crippen molar-refractivity contribution < 1.29 is 9.21 Å². The summed E-state index contributed by atoms with van der Waals surface area (Å²) in [6, 6.07) is 17.2. The van der Waals surface area contributed by atoms with Gasteiger partial charge in [-0.2, -0.15) is 5.26 Å². The fraction of sp³-hybridized carbons (Fsp3) is 0.130. The van der Waals surface area contributed by atoms with Crippen LogP contribution in [0.4, 0.5) is 5.69 Å². The Morgan fingerprint density at radius 1 is 1.07 bits per heavy atom. The zero-order valence-electron chi connectivity index (χ0n) is 15.8. The molecule has 1 heterocycles. The predicted octanol–water partition coefficient (Wildman–Crippen LogP) is 6.18. The lowest BCUT2D eigenvalue weighted by atomic mass is 10.1. The normalized spacial score (nSPS) is 11.2. The Balaban J connectivity index is 1.84. The van der Waals surface area contributed by atoms with Gasteiger partial charge in [-0.05, 0) is 62.2 Å². The molecule has 5 heteroatoms. The van der Waals surface area contributed by atoms with E-state index in [9.17, 15) is 10.1 Å². The van der Waals surface area contributed by atoms with Crippen molar-refractivity contribution in [3.05, 3.63) is 81.0 Å². The standard InChI is InChI=1S/C23H19BrN2O2/c1-14-5-8-21(16(3)10-14)26-23(27)17(13-25)12-18-6-9-22(28-18)19-7-4-15(2)11-20(19)24/h4-12H,1-3H3,(H,26,27)/b17-12+. The molecule has 0 aliphatic rings. The molecule has 28 heavy (non-hydrogen) atoms. The average molecular weight is 435 g/mol. The molecule has 4 nitrogen and oxygen atoms in total. The minimum Gasteiger partial charge on any atom is -0.457 e. The van der Waals surface area contributed by atoms with E-state index in [1.165, 1.54) is 6.08 Å². The van der Waals surface area contributed by atoms with Crippen molar-refractivity contribution in [3.63, 3.8) is 0 Å². The number of carbonyl (C=O) groups excluding carboxylic acids is 1. The summed E-state index contributed by atoms with van der Waals surface area (Å²) in [5, 5.41) is 12.2. The summed E-state index contributed by atoms with van der Waals surface area (Å²) >= 11 is 3.54. The lowest BCUT2D eigenvalue weighted by molar-refractivity contribution is -0.112. The van der Waals surface area contributed by atoms with Crippen LogP contribution in [0.1, 0.15) is 22.5 Å². The van der Waals surface area contributed by atoms with Gasteiger partial charge in [-0.25, -0.2) is 0 Å². The molecule has 0 spiro atoms. The summed E-state index contributed by atoms with van der Waals surface area (Å²) in [7, 11) is 0. The number of hydrogen-bond donors (Lipinski definition) is 1. The van der Waals surface area contributed by atoms with Gasteiger partial charge in [0.05, 0.1) is 0 Å². The highest BCUT2D eigenvalue weighted by Crippen LogP contribution is 2.31. The van der Waals surface area contributed by atoms with Crippen LogP contribution < -0.4 is 5.32 Å². The molecular weight excluding hydrogens is 416 g/mol. The van der Waals surface area contributed by atoms with E-state index in [2.05, 4.69) is 21.2 Å². The molecule has 1 N–H and O–H groups in total. The topological polar surface area (TPSA) is 66.0 Å². The molecule has 2 aromatic carbocycles. The Morgan fingerprint density at radius 3 is 2.46 bits per heavy atom. The lowest BCUT2D eigenvalue weighted by Gasteiger charge is -2.08. The minimum atomic E-state index is -0.469. The second kappa shape index (κ2) is 8.28. The third kappa shape index (κ3) is 4.41. The number of nitrogens with zero attached hydrogens (tertiary/aromatic N) is 1. The number of halogens is 1. The fourth-order valence-electron chi connectivity index (χ4n) is 2.83. The zero-order valence-corrected chi connectivity index (χ0v) is 17.4. The summed E-state index contributed by atoms with van der Waals surface area (Å²) in [6.45, 7) is 5.91. The monoisotopic (exact) mass is 434 g/mol. The van der Waals surface area contributed by atoms with Crippen molar-refractivity contribution in [2.75, 3.05) is 5.32 Å². The number of nitrogens with one attached hydrogen (secondary N) is 1. The van der Waals surface area contributed by atoms with Gasteiger partial charge in [-0.3, -0.25) is 4.79 Å². The van der Waals surface area contributed by atoms with E-state index in [1.807, 2.05) is 69.3 Å². The highest BCUT2D eigenvalue weighted by Gasteiger charge is 2.13. The van der Waals surface area contributed by atoms with Crippen LogP contribution in [0.5, 0.6) is 0 Å². The van der Waals surface area contributed by atoms with E-state index >= 15 is 0 Å². The van der Waals surface area contributed by atoms with Crippen LogP contribution in [0.15, 0.2) is 63.0 Å². The molecule has 0 saturated heterocycles. The zero-order chi connectivity index (χ0) is 20.3. The Labute approximate surface area is 172 Å². The summed E-state index contributed by atoms with van der Waals surface area (Å²) in [5.74, 6) is 0.629. The maximum Gasteiger partial charge on any atom is 0.266 e. The van der Waals surface area contributed by atoms with Gasteiger partial charge in [0.25, 0.3) is 5.91 Å². The number of nitriles is 1. The van der Waals surface area contributed by atoms with Gasteiger partial charge in [0.15, 0.2) is 0 Å². The van der Waals surface area contributed by atoms with Crippen molar-refractivity contribution in [2.45, 2.75) is 20.8 Å². The molecule has 0 radical (unpaired) electrons. The first-order valence-corrected chi connectivity index (χ1v) is 9.53. The SMILES string of the molecule is Cc1ccc(NC(=O)/C(C#N)=C/c2ccc(-c3ccc(C)cc3Br)o2)c(C)c1. The number of rotatable bonds is 4. The lowest BCUT2D eigenvalue weighted by Crippen LogP contribution is -2.14. The van der Waals surface area contributed by atoms with Crippen LogP contribution in [0.2, 0.25) is 0 Å². The molecule has 3 rings (SSSR count). The van der Waals surface area contributed by atoms with Crippen LogP contribution in [-0.2, 0) is 4.79 Å². The second-order valence-corrected chi connectivity index (χ2v) is 7.48. The van der Waals surface area contributed by atoms with Gasteiger partial charge in [0.2, 0.25) is 0 Å². The summed E-state index contributed by atoms with van der Waals surface area (Å²) < 4.78 is 6.75. The van der Waals surface area contributed by atoms with Crippen LogP contribution in [-0.4, -0.2) is 5.91 Å². The minimum absolute atomic E-state index is 0.0242. The van der Waals surface area contributed by atoms with E-state index in [0.29, 0.717) is 17.2 Å². The van der Waals surface area contributed by atoms with Gasteiger partial charge in [-0.15, -0.1) is 0 Å². The number of hydrogen-bond acceptors (Lipinski definition) is 3. The highest BCUT2D eigenvalue weighted by atomic mass is 79.9. The van der Waals surface area contributed by atoms with Gasteiger partial charge in [-0.1, -0.05) is 39.7 Å². The van der Waals surface area contributed by atoms with Crippen LogP contribution >= 0.6 is 15.9 Å². The maximum atomic E-state index is 12.5. The molecule has 1 amide bonds. The summed E-state index contributed by atoms with van der Waals surface area (Å²) in [6.07, 6.45) is 1.45. The molecule has 0 bridgehead atoms. The number of carbonyl (C=O) groups is 1. The average Bonchev–Trinajstić information content (AvgIpc) is 3.10. The third-order valence-electron chi connectivity index (χ3n) is 4.30. The highest BCUT2D eigenvalue weighted by molar-refractivity contribution is 9.10. The molecule has 0 aliphatic carbocycles. The molecule has 3 aromatic rings. The number of furan rings is 1. The van der Waals surface area contributed by atoms with E-state index < -0.39 is 5.91 Å². The van der Waals surface area contributed by atoms with Gasteiger partial charge < -0.3 is 9.73 Å². The molecule has 0 atom stereocenters. The molecule has 140 valence electrons. The van der Waals surface area contributed by atoms with Gasteiger partial charge in [0, 0.05) is 21.8 Å². The Bertz CT molecular complexity index is 1120. The molecule has 0 fully saturated rings. The number of amides is 1. The quantitative estimate of drug-likeness (QED) is 0.393. The Hall–Kier alpha value is -3.10.